The molecule has 1 aromatic heterocycles. The van der Waals surface area contributed by atoms with E-state index in [9.17, 15) is 9.59 Å². The van der Waals surface area contributed by atoms with Gasteiger partial charge >= 0.3 is 5.97 Å². The number of esters is 1. The van der Waals surface area contributed by atoms with Gasteiger partial charge in [0.25, 0.3) is 5.91 Å². The third-order valence-electron chi connectivity index (χ3n) is 3.77. The molecule has 1 unspecified atom stereocenters. The molecule has 27 heavy (non-hydrogen) atoms. The van der Waals surface area contributed by atoms with Crippen molar-refractivity contribution >= 4 is 23.5 Å². The maximum Gasteiger partial charge on any atom is 0.328 e. The predicted octanol–water partition coefficient (Wildman–Crippen LogP) is 3.86. The Labute approximate surface area is 161 Å². The van der Waals surface area contributed by atoms with E-state index in [2.05, 4.69) is 10.3 Å². The van der Waals surface area contributed by atoms with E-state index in [1.807, 2.05) is 30.3 Å². The van der Waals surface area contributed by atoms with Gasteiger partial charge in [-0.1, -0.05) is 54.1 Å². The van der Waals surface area contributed by atoms with Gasteiger partial charge in [-0.3, -0.25) is 4.79 Å². The fraction of sp³-hybridized carbons (Fsp3) is 0.150. The van der Waals surface area contributed by atoms with Crippen LogP contribution in [0.5, 0.6) is 0 Å². The van der Waals surface area contributed by atoms with Crippen LogP contribution in [0.1, 0.15) is 23.2 Å². The van der Waals surface area contributed by atoms with Gasteiger partial charge in [0.2, 0.25) is 5.89 Å². The summed E-state index contributed by atoms with van der Waals surface area (Å²) < 4.78 is 10.7. The van der Waals surface area contributed by atoms with Gasteiger partial charge in [-0.15, -0.1) is 0 Å². The fourth-order valence-corrected chi connectivity index (χ4v) is 2.57. The second-order valence-electron chi connectivity index (χ2n) is 5.77. The number of amides is 1. The number of nitrogens with one attached hydrogen (secondary N) is 1. The molecule has 0 aliphatic rings. The minimum Gasteiger partial charge on any atom is -0.454 e. The molecule has 138 valence electrons. The molecule has 1 atom stereocenters. The smallest absolute Gasteiger partial charge is 0.328 e. The zero-order chi connectivity index (χ0) is 19.2. The highest BCUT2D eigenvalue weighted by Gasteiger charge is 2.20. The lowest BCUT2D eigenvalue weighted by molar-refractivity contribution is -0.147. The van der Waals surface area contributed by atoms with Crippen LogP contribution in [0.3, 0.4) is 0 Å². The molecule has 0 spiro atoms. The number of halogens is 1. The van der Waals surface area contributed by atoms with E-state index in [1.54, 1.807) is 30.5 Å². The first-order valence-electron chi connectivity index (χ1n) is 8.27. The third-order valence-corrected chi connectivity index (χ3v) is 4.10. The normalized spacial score (nSPS) is 11.6. The van der Waals surface area contributed by atoms with Crippen molar-refractivity contribution < 1.29 is 18.7 Å². The predicted molar refractivity (Wildman–Crippen MR) is 100 cm³/mol. The lowest BCUT2D eigenvalue weighted by Crippen LogP contribution is -2.39. The van der Waals surface area contributed by atoms with Crippen molar-refractivity contribution in [3.05, 3.63) is 77.3 Å². The van der Waals surface area contributed by atoms with Crippen LogP contribution in [0.2, 0.25) is 5.02 Å². The maximum atomic E-state index is 12.2. The number of aromatic nitrogens is 1. The number of hydrogen-bond donors (Lipinski definition) is 1. The Balaban J connectivity index is 1.54. The van der Waals surface area contributed by atoms with Gasteiger partial charge in [-0.05, 0) is 19.1 Å². The number of nitrogens with zero attached hydrogens (tertiary/aromatic N) is 1. The van der Waals surface area contributed by atoms with Crippen molar-refractivity contribution in [3.63, 3.8) is 0 Å². The Morgan fingerprint density at radius 3 is 2.59 bits per heavy atom. The average Bonchev–Trinajstić information content (AvgIpc) is 3.16. The molecule has 3 rings (SSSR count). The van der Waals surface area contributed by atoms with Gasteiger partial charge < -0.3 is 14.5 Å². The second kappa shape index (κ2) is 8.51. The fourth-order valence-electron chi connectivity index (χ4n) is 2.35. The summed E-state index contributed by atoms with van der Waals surface area (Å²) in [5.74, 6) is -0.198. The summed E-state index contributed by atoms with van der Waals surface area (Å²) in [4.78, 5) is 28.4. The van der Waals surface area contributed by atoms with E-state index in [0.29, 0.717) is 16.3 Å². The Morgan fingerprint density at radius 1 is 1.15 bits per heavy atom. The van der Waals surface area contributed by atoms with Crippen molar-refractivity contribution in [2.75, 3.05) is 0 Å². The van der Waals surface area contributed by atoms with Crippen molar-refractivity contribution in [1.82, 2.24) is 10.3 Å². The Hall–Kier alpha value is -3.12. The van der Waals surface area contributed by atoms with Crippen LogP contribution in [0, 0.1) is 0 Å². The minimum absolute atomic E-state index is 0.127. The molecule has 1 heterocycles. The molecule has 0 aliphatic carbocycles. The number of ether oxygens (including phenoxy) is 1. The largest absolute Gasteiger partial charge is 0.454 e. The molecule has 3 aromatic rings. The van der Waals surface area contributed by atoms with Gasteiger partial charge in [-0.25, -0.2) is 9.78 Å². The van der Waals surface area contributed by atoms with E-state index < -0.39 is 17.9 Å². The number of hydrogen-bond acceptors (Lipinski definition) is 5. The zero-order valence-electron chi connectivity index (χ0n) is 14.5. The monoisotopic (exact) mass is 384 g/mol. The van der Waals surface area contributed by atoms with Crippen LogP contribution in [0.15, 0.2) is 65.2 Å². The highest BCUT2D eigenvalue weighted by atomic mass is 35.5. The van der Waals surface area contributed by atoms with E-state index in [-0.39, 0.29) is 12.5 Å². The quantitative estimate of drug-likeness (QED) is 0.653. The molecule has 0 radical (unpaired) electrons. The topological polar surface area (TPSA) is 81.4 Å². The highest BCUT2D eigenvalue weighted by molar-refractivity contribution is 6.33. The maximum absolute atomic E-state index is 12.2. The van der Waals surface area contributed by atoms with Crippen molar-refractivity contribution in [3.8, 4) is 11.3 Å². The summed E-state index contributed by atoms with van der Waals surface area (Å²) in [7, 11) is 0. The van der Waals surface area contributed by atoms with Crippen LogP contribution in [0.4, 0.5) is 0 Å². The lowest BCUT2D eigenvalue weighted by Gasteiger charge is -2.13. The van der Waals surface area contributed by atoms with Crippen LogP contribution >= 0.6 is 11.6 Å². The summed E-state index contributed by atoms with van der Waals surface area (Å²) in [6, 6.07) is 15.2. The van der Waals surface area contributed by atoms with E-state index in [4.69, 9.17) is 20.8 Å². The average molecular weight is 385 g/mol. The van der Waals surface area contributed by atoms with E-state index in [0.717, 1.165) is 5.56 Å². The van der Waals surface area contributed by atoms with Crippen LogP contribution in [-0.4, -0.2) is 22.9 Å². The number of carbonyl (C=O) groups is 2. The molecule has 1 amide bonds. The van der Waals surface area contributed by atoms with Gasteiger partial charge in [0, 0.05) is 5.56 Å². The molecular weight excluding hydrogens is 368 g/mol. The van der Waals surface area contributed by atoms with Gasteiger partial charge in [0.1, 0.15) is 6.04 Å². The third kappa shape index (κ3) is 4.74. The summed E-state index contributed by atoms with van der Waals surface area (Å²) in [5, 5.41) is 2.86. The van der Waals surface area contributed by atoms with Crippen molar-refractivity contribution in [2.45, 2.75) is 19.6 Å². The van der Waals surface area contributed by atoms with Crippen LogP contribution < -0.4 is 5.32 Å². The number of benzene rings is 2. The molecule has 7 heteroatoms. The first kappa shape index (κ1) is 18.7. The molecule has 2 aromatic carbocycles. The van der Waals surface area contributed by atoms with Gasteiger partial charge in [0.05, 0.1) is 16.8 Å². The number of rotatable bonds is 6. The molecule has 0 saturated carbocycles. The van der Waals surface area contributed by atoms with Crippen LogP contribution in [0.25, 0.3) is 11.3 Å². The summed E-state index contributed by atoms with van der Waals surface area (Å²) >= 11 is 5.98. The van der Waals surface area contributed by atoms with E-state index >= 15 is 0 Å². The Bertz CT molecular complexity index is 940. The highest BCUT2D eigenvalue weighted by Crippen LogP contribution is 2.20. The summed E-state index contributed by atoms with van der Waals surface area (Å²) in [6.07, 6.45) is 1.57. The second-order valence-corrected chi connectivity index (χ2v) is 6.17. The minimum atomic E-state index is -0.850. The molecule has 0 bridgehead atoms. The molecule has 0 fully saturated rings. The first-order valence-corrected chi connectivity index (χ1v) is 8.64. The molecule has 6 nitrogen and oxygen atoms in total. The van der Waals surface area contributed by atoms with Gasteiger partial charge in [-0.2, -0.15) is 0 Å². The number of oxazole rings is 1. The van der Waals surface area contributed by atoms with Gasteiger partial charge in [0.15, 0.2) is 12.4 Å². The SMILES string of the molecule is CC(NC(=O)c1ccccc1Cl)C(=O)OCc1ncc(-c2ccccc2)o1. The molecular formula is C20H17ClN2O4. The van der Waals surface area contributed by atoms with E-state index in [1.165, 1.54) is 6.92 Å². The Kier molecular flexibility index (Phi) is 5.88. The molecule has 0 saturated heterocycles. The number of carbonyl (C=O) groups excluding carboxylic acids is 2. The lowest BCUT2D eigenvalue weighted by atomic mass is 10.2. The van der Waals surface area contributed by atoms with Crippen molar-refractivity contribution in [1.29, 1.82) is 0 Å². The van der Waals surface area contributed by atoms with Crippen molar-refractivity contribution in [2.24, 2.45) is 0 Å². The molecule has 0 aliphatic heterocycles. The Morgan fingerprint density at radius 2 is 1.85 bits per heavy atom. The summed E-state index contributed by atoms with van der Waals surface area (Å²) in [5.41, 5.74) is 1.17. The first-order chi connectivity index (χ1) is 13.0. The van der Waals surface area contributed by atoms with Crippen LogP contribution in [-0.2, 0) is 16.1 Å². The zero-order valence-corrected chi connectivity index (χ0v) is 15.3. The molecule has 1 N–H and O–H groups in total. The summed E-state index contributed by atoms with van der Waals surface area (Å²) in [6.45, 7) is 1.40. The standard InChI is InChI=1S/C20H17ClN2O4/c1-13(23-19(24)15-9-5-6-10-16(15)21)20(25)26-12-18-22-11-17(27-18)14-7-3-2-4-8-14/h2-11,13H,12H2,1H3,(H,23,24).